The third-order valence-electron chi connectivity index (χ3n) is 3.18. The first-order valence-electron chi connectivity index (χ1n) is 7.37. The Morgan fingerprint density at radius 2 is 1.50 bits per heavy atom. The van der Waals surface area contributed by atoms with E-state index in [1.807, 2.05) is 13.1 Å². The Bertz CT molecular complexity index is 217. The van der Waals surface area contributed by atoms with Gasteiger partial charge in [0.25, 0.3) is 8.32 Å². The van der Waals surface area contributed by atoms with Gasteiger partial charge >= 0.3 is 6.16 Å². The van der Waals surface area contributed by atoms with Gasteiger partial charge in [-0.3, -0.25) is 0 Å². The molecule has 0 bridgehead atoms. The summed E-state index contributed by atoms with van der Waals surface area (Å²) in [7, 11) is -1.81. The molecule has 0 aromatic carbocycles. The molecule has 4 heteroatoms. The molecule has 0 aromatic heterocycles. The molecule has 0 unspecified atom stereocenters. The van der Waals surface area contributed by atoms with E-state index in [1.54, 1.807) is 0 Å². The van der Waals surface area contributed by atoms with Crippen molar-refractivity contribution in [2.45, 2.75) is 77.9 Å². The molecule has 3 nitrogen and oxygen atoms in total. The molecule has 0 aliphatic rings. The molecule has 0 atom stereocenters. The Morgan fingerprint density at radius 1 is 0.944 bits per heavy atom. The second kappa shape index (κ2) is 10.4. The molecule has 0 fully saturated rings. The van der Waals surface area contributed by atoms with E-state index in [9.17, 15) is 4.79 Å². The fraction of sp³-hybridized carbons (Fsp3) is 0.929. The van der Waals surface area contributed by atoms with Gasteiger partial charge in [-0.15, -0.1) is 0 Å². The normalized spacial score (nSPS) is 11.3. The Labute approximate surface area is 113 Å². The molecule has 0 saturated carbocycles. The van der Waals surface area contributed by atoms with Crippen molar-refractivity contribution in [1.82, 2.24) is 0 Å². The zero-order chi connectivity index (χ0) is 13.9. The van der Waals surface area contributed by atoms with Crippen LogP contribution in [0.4, 0.5) is 4.79 Å². The van der Waals surface area contributed by atoms with E-state index in [4.69, 9.17) is 9.16 Å². The topological polar surface area (TPSA) is 35.5 Å². The van der Waals surface area contributed by atoms with Crippen molar-refractivity contribution in [2.75, 3.05) is 6.61 Å². The van der Waals surface area contributed by atoms with Gasteiger partial charge in [0.2, 0.25) is 0 Å². The van der Waals surface area contributed by atoms with Crippen molar-refractivity contribution in [3.63, 3.8) is 0 Å². The van der Waals surface area contributed by atoms with E-state index in [2.05, 4.69) is 13.8 Å². The lowest BCUT2D eigenvalue weighted by Crippen LogP contribution is -2.32. The first-order chi connectivity index (χ1) is 8.52. The average molecular weight is 274 g/mol. The number of carbonyl (C=O) groups excluding carboxylic acids is 1. The lowest BCUT2D eigenvalue weighted by molar-refractivity contribution is 0.0948. The summed E-state index contributed by atoms with van der Waals surface area (Å²) in [6.07, 6.45) is 8.11. The van der Waals surface area contributed by atoms with Gasteiger partial charge in [-0.25, -0.2) is 4.79 Å². The minimum atomic E-state index is -1.81. The van der Waals surface area contributed by atoms with Crippen LogP contribution >= 0.6 is 0 Å². The van der Waals surface area contributed by atoms with Crippen molar-refractivity contribution in [2.24, 2.45) is 0 Å². The summed E-state index contributed by atoms with van der Waals surface area (Å²) >= 11 is 0. The molecule has 0 aliphatic carbocycles. The van der Waals surface area contributed by atoms with Crippen LogP contribution in [0.2, 0.25) is 19.1 Å². The average Bonchev–Trinajstić information content (AvgIpc) is 2.32. The second-order valence-corrected chi connectivity index (χ2v) is 9.87. The van der Waals surface area contributed by atoms with Crippen LogP contribution in [0.25, 0.3) is 0 Å². The maximum absolute atomic E-state index is 11.4. The lowest BCUT2D eigenvalue weighted by atomic mass is 10.1. The summed E-state index contributed by atoms with van der Waals surface area (Å²) in [5, 5.41) is 0. The predicted octanol–water partition coefficient (Wildman–Crippen LogP) is 5.12. The highest BCUT2D eigenvalue weighted by Crippen LogP contribution is 2.11. The van der Waals surface area contributed by atoms with E-state index in [-0.39, 0.29) is 0 Å². The first kappa shape index (κ1) is 17.5. The predicted molar refractivity (Wildman–Crippen MR) is 78.4 cm³/mol. The van der Waals surface area contributed by atoms with Crippen LogP contribution in [0.5, 0.6) is 0 Å². The third kappa shape index (κ3) is 10.6. The smallest absolute Gasteiger partial charge is 0.489 e. The number of hydrogen-bond donors (Lipinski definition) is 0. The zero-order valence-electron chi connectivity index (χ0n) is 12.6. The fourth-order valence-corrected chi connectivity index (χ4v) is 2.20. The van der Waals surface area contributed by atoms with E-state index >= 15 is 0 Å². The van der Waals surface area contributed by atoms with Crippen LogP contribution in [-0.2, 0) is 9.16 Å². The summed E-state index contributed by atoms with van der Waals surface area (Å²) in [5.41, 5.74) is 0. The summed E-state index contributed by atoms with van der Waals surface area (Å²) in [6.45, 7) is 8.83. The van der Waals surface area contributed by atoms with Crippen molar-refractivity contribution < 1.29 is 14.0 Å². The van der Waals surface area contributed by atoms with E-state index < -0.39 is 14.5 Å². The van der Waals surface area contributed by atoms with Gasteiger partial charge in [-0.05, 0) is 25.6 Å². The Balaban J connectivity index is 3.36. The Kier molecular flexibility index (Phi) is 10.1. The first-order valence-corrected chi connectivity index (χ1v) is 10.5. The summed E-state index contributed by atoms with van der Waals surface area (Å²) in [6, 6.07) is 0.930. The van der Waals surface area contributed by atoms with Crippen molar-refractivity contribution >= 4 is 14.5 Å². The van der Waals surface area contributed by atoms with Gasteiger partial charge < -0.3 is 9.16 Å². The Hall–Kier alpha value is -0.513. The molecule has 108 valence electrons. The number of ether oxygens (including phenoxy) is 1. The zero-order valence-corrected chi connectivity index (χ0v) is 13.6. The van der Waals surface area contributed by atoms with E-state index in [1.165, 1.54) is 32.1 Å². The number of carbonyl (C=O) groups is 1. The molecule has 0 N–H and O–H groups in total. The quantitative estimate of drug-likeness (QED) is 0.315. The highest BCUT2D eigenvalue weighted by molar-refractivity contribution is 6.72. The van der Waals surface area contributed by atoms with E-state index in [0.717, 1.165) is 18.9 Å². The minimum absolute atomic E-state index is 0.473. The SMILES string of the molecule is CCCCCCCCCOC(=O)O[Si](C)(C)CC. The van der Waals surface area contributed by atoms with E-state index in [0.29, 0.717) is 6.61 Å². The van der Waals surface area contributed by atoms with Crippen LogP contribution in [0.15, 0.2) is 0 Å². The molecule has 0 aromatic rings. The van der Waals surface area contributed by atoms with Crippen LogP contribution in [0.1, 0.15) is 58.8 Å². The monoisotopic (exact) mass is 274 g/mol. The van der Waals surface area contributed by atoms with Crippen molar-refractivity contribution in [3.05, 3.63) is 0 Å². The molecule has 0 radical (unpaired) electrons. The summed E-state index contributed by atoms with van der Waals surface area (Å²) < 4.78 is 10.4. The highest BCUT2D eigenvalue weighted by atomic mass is 28.4. The lowest BCUT2D eigenvalue weighted by Gasteiger charge is -2.19. The van der Waals surface area contributed by atoms with Crippen LogP contribution in [-0.4, -0.2) is 21.1 Å². The highest BCUT2D eigenvalue weighted by Gasteiger charge is 2.25. The van der Waals surface area contributed by atoms with Gasteiger partial charge in [0.05, 0.1) is 6.61 Å². The Morgan fingerprint density at radius 3 is 2.06 bits per heavy atom. The maximum atomic E-state index is 11.4. The molecule has 0 spiro atoms. The van der Waals surface area contributed by atoms with Gasteiger partial charge in [0, 0.05) is 0 Å². The van der Waals surface area contributed by atoms with Crippen LogP contribution < -0.4 is 0 Å². The summed E-state index contributed by atoms with van der Waals surface area (Å²) in [4.78, 5) is 11.4. The van der Waals surface area contributed by atoms with Gasteiger partial charge in [-0.1, -0.05) is 52.4 Å². The molecular formula is C14H30O3Si. The van der Waals surface area contributed by atoms with Crippen molar-refractivity contribution in [3.8, 4) is 0 Å². The maximum Gasteiger partial charge on any atom is 0.494 e. The molecule has 0 heterocycles. The fourth-order valence-electron chi connectivity index (χ4n) is 1.54. The van der Waals surface area contributed by atoms with Crippen LogP contribution in [0, 0.1) is 0 Å². The minimum Gasteiger partial charge on any atom is -0.489 e. The molecule has 18 heavy (non-hydrogen) atoms. The largest absolute Gasteiger partial charge is 0.494 e. The molecule has 0 rings (SSSR count). The number of unbranched alkanes of at least 4 members (excludes halogenated alkanes) is 6. The van der Waals surface area contributed by atoms with Gasteiger partial charge in [0.15, 0.2) is 0 Å². The van der Waals surface area contributed by atoms with Crippen LogP contribution in [0.3, 0.4) is 0 Å². The molecule has 0 amide bonds. The van der Waals surface area contributed by atoms with Gasteiger partial charge in [0.1, 0.15) is 0 Å². The summed E-state index contributed by atoms with van der Waals surface area (Å²) in [5.74, 6) is 0. The molecule has 0 saturated heterocycles. The second-order valence-electron chi connectivity index (χ2n) is 5.44. The molecule has 0 aliphatic heterocycles. The number of rotatable bonds is 10. The van der Waals surface area contributed by atoms with Crippen molar-refractivity contribution in [1.29, 1.82) is 0 Å². The third-order valence-corrected chi connectivity index (χ3v) is 5.60. The molecular weight excluding hydrogens is 244 g/mol. The van der Waals surface area contributed by atoms with Gasteiger partial charge in [-0.2, -0.15) is 0 Å². The number of hydrogen-bond acceptors (Lipinski definition) is 3. The standard InChI is InChI=1S/C14H30O3Si/c1-5-7-8-9-10-11-12-13-16-14(15)17-18(3,4)6-2/h5-13H2,1-4H3.